The molecule has 0 atom stereocenters. The maximum Gasteiger partial charge on any atom is 0.259 e. The summed E-state index contributed by atoms with van der Waals surface area (Å²) in [6.45, 7) is 0.651. The van der Waals surface area contributed by atoms with Crippen molar-refractivity contribution >= 4 is 46.2 Å². The fourth-order valence-electron chi connectivity index (χ4n) is 3.08. The summed E-state index contributed by atoms with van der Waals surface area (Å²) in [7, 11) is 0. The van der Waals surface area contributed by atoms with E-state index in [4.69, 9.17) is 24.4 Å². The minimum atomic E-state index is -0.120. The van der Waals surface area contributed by atoms with E-state index in [0.717, 1.165) is 11.1 Å². The molecule has 0 aromatic heterocycles. The number of nitrogens with zero attached hydrogens (tertiary/aromatic N) is 2. The van der Waals surface area contributed by atoms with E-state index in [1.54, 1.807) is 21.9 Å². The maximum atomic E-state index is 12.5. The second kappa shape index (κ2) is 5.58. The predicted molar refractivity (Wildman–Crippen MR) is 98.4 cm³/mol. The second-order valence-corrected chi connectivity index (χ2v) is 6.39. The monoisotopic (exact) mass is 352 g/mol. The van der Waals surface area contributed by atoms with Crippen LogP contribution < -0.4 is 0 Å². The molecule has 0 spiro atoms. The quantitative estimate of drug-likeness (QED) is 0.797. The van der Waals surface area contributed by atoms with E-state index in [-0.39, 0.29) is 11.8 Å². The average molecular weight is 352 g/mol. The van der Waals surface area contributed by atoms with Gasteiger partial charge in [-0.2, -0.15) is 0 Å². The van der Waals surface area contributed by atoms with Crippen molar-refractivity contribution < 1.29 is 9.59 Å². The third kappa shape index (κ3) is 2.11. The zero-order chi connectivity index (χ0) is 16.8. The largest absolute Gasteiger partial charge is 0.297 e. The minimum absolute atomic E-state index is 0.120. The van der Waals surface area contributed by atoms with Crippen LogP contribution in [0.2, 0.25) is 0 Å². The first-order chi connectivity index (χ1) is 11.6. The van der Waals surface area contributed by atoms with Crippen LogP contribution in [0.4, 0.5) is 0 Å². The van der Waals surface area contributed by atoms with Gasteiger partial charge in [0, 0.05) is 24.2 Å². The van der Waals surface area contributed by atoms with Crippen molar-refractivity contribution in [3.8, 4) is 0 Å². The highest BCUT2D eigenvalue weighted by Crippen LogP contribution is 2.26. The number of hydrogen-bond acceptors (Lipinski definition) is 4. The van der Waals surface area contributed by atoms with Crippen LogP contribution in [0.5, 0.6) is 0 Å². The molecule has 2 aromatic carbocycles. The summed E-state index contributed by atoms with van der Waals surface area (Å²) < 4.78 is 0. The number of carbonyl (C=O) groups is 2. The first kappa shape index (κ1) is 15.1. The minimum Gasteiger partial charge on any atom is -0.297 e. The van der Waals surface area contributed by atoms with E-state index in [0.29, 0.717) is 34.2 Å². The third-order valence-corrected chi connectivity index (χ3v) is 5.18. The van der Waals surface area contributed by atoms with Crippen LogP contribution in [0.3, 0.4) is 0 Å². The van der Waals surface area contributed by atoms with Gasteiger partial charge in [0.25, 0.3) is 11.8 Å². The van der Waals surface area contributed by atoms with Crippen LogP contribution in [0.25, 0.3) is 0 Å². The van der Waals surface area contributed by atoms with E-state index in [9.17, 15) is 9.59 Å². The zero-order valence-corrected chi connectivity index (χ0v) is 14.2. The smallest absolute Gasteiger partial charge is 0.259 e. The van der Waals surface area contributed by atoms with Crippen LogP contribution in [-0.2, 0) is 0 Å². The van der Waals surface area contributed by atoms with Gasteiger partial charge in [-0.3, -0.25) is 19.4 Å². The summed E-state index contributed by atoms with van der Waals surface area (Å²) in [5, 5.41) is 0. The lowest BCUT2D eigenvalue weighted by atomic mass is 10.1. The van der Waals surface area contributed by atoms with Crippen molar-refractivity contribution in [1.82, 2.24) is 9.80 Å². The van der Waals surface area contributed by atoms with Crippen molar-refractivity contribution in [3.05, 3.63) is 70.8 Å². The Balaban J connectivity index is 1.53. The van der Waals surface area contributed by atoms with Crippen molar-refractivity contribution in [3.63, 3.8) is 0 Å². The lowest BCUT2D eigenvalue weighted by Crippen LogP contribution is -2.40. The number of benzene rings is 2. The molecule has 0 N–H and O–H groups in total. The molecule has 4 rings (SSSR count). The molecule has 0 saturated heterocycles. The van der Waals surface area contributed by atoms with Gasteiger partial charge in [-0.25, -0.2) is 0 Å². The molecule has 2 aromatic rings. The molecule has 0 saturated carbocycles. The van der Waals surface area contributed by atoms with Crippen molar-refractivity contribution in [2.75, 3.05) is 13.1 Å². The van der Waals surface area contributed by atoms with Crippen LogP contribution in [-0.4, -0.2) is 44.7 Å². The Morgan fingerprint density at radius 1 is 0.625 bits per heavy atom. The number of fused-ring (bicyclic) bond motifs is 2. The van der Waals surface area contributed by atoms with Crippen molar-refractivity contribution in [1.29, 1.82) is 0 Å². The molecule has 0 fully saturated rings. The molecule has 0 radical (unpaired) electrons. The van der Waals surface area contributed by atoms with Gasteiger partial charge in [0.15, 0.2) is 0 Å². The summed E-state index contributed by atoms with van der Waals surface area (Å²) >= 11 is 10.8. The van der Waals surface area contributed by atoms with E-state index in [1.165, 1.54) is 0 Å². The lowest BCUT2D eigenvalue weighted by molar-refractivity contribution is 0.0808. The van der Waals surface area contributed by atoms with Crippen LogP contribution in [0.15, 0.2) is 48.5 Å². The fourth-order valence-corrected chi connectivity index (χ4v) is 3.79. The SMILES string of the molecule is O=C1c2ccccc2C(=S)N1CCN1C(=O)c2ccccc2C1=S. The molecule has 24 heavy (non-hydrogen) atoms. The van der Waals surface area contributed by atoms with E-state index >= 15 is 0 Å². The predicted octanol–water partition coefficient (Wildman–Crippen LogP) is 2.65. The number of hydrogen-bond donors (Lipinski definition) is 0. The highest BCUT2D eigenvalue weighted by atomic mass is 32.1. The summed E-state index contributed by atoms with van der Waals surface area (Å²) in [6, 6.07) is 14.6. The summed E-state index contributed by atoms with van der Waals surface area (Å²) in [4.78, 5) is 29.1. The van der Waals surface area contributed by atoms with Gasteiger partial charge in [0.1, 0.15) is 9.98 Å². The van der Waals surface area contributed by atoms with Gasteiger partial charge in [0.2, 0.25) is 0 Å². The number of rotatable bonds is 3. The van der Waals surface area contributed by atoms with E-state index in [2.05, 4.69) is 0 Å². The molecule has 0 unspecified atom stereocenters. The van der Waals surface area contributed by atoms with Crippen molar-refractivity contribution in [2.45, 2.75) is 0 Å². The Labute approximate surface area is 149 Å². The molecule has 4 nitrogen and oxygen atoms in total. The molecule has 0 bridgehead atoms. The Bertz CT molecular complexity index is 777. The van der Waals surface area contributed by atoms with Gasteiger partial charge in [-0.1, -0.05) is 60.8 Å². The normalized spacial score (nSPS) is 16.0. The van der Waals surface area contributed by atoms with Crippen LogP contribution in [0, 0.1) is 0 Å². The number of amides is 2. The molecule has 0 aliphatic carbocycles. The van der Waals surface area contributed by atoms with Gasteiger partial charge >= 0.3 is 0 Å². The van der Waals surface area contributed by atoms with E-state index < -0.39 is 0 Å². The molecule has 2 heterocycles. The zero-order valence-electron chi connectivity index (χ0n) is 12.6. The fraction of sp³-hybridized carbons (Fsp3) is 0.111. The summed E-state index contributed by atoms with van der Waals surface area (Å²) in [5.41, 5.74) is 2.77. The van der Waals surface area contributed by atoms with E-state index in [1.807, 2.05) is 36.4 Å². The summed E-state index contributed by atoms with van der Waals surface area (Å²) in [6.07, 6.45) is 0. The highest BCUT2D eigenvalue weighted by molar-refractivity contribution is 7.81. The Kier molecular flexibility index (Phi) is 3.51. The highest BCUT2D eigenvalue weighted by Gasteiger charge is 2.35. The van der Waals surface area contributed by atoms with Crippen LogP contribution >= 0.6 is 24.4 Å². The Hall–Kier alpha value is -2.44. The maximum absolute atomic E-state index is 12.5. The first-order valence-corrected chi connectivity index (χ1v) is 8.31. The van der Waals surface area contributed by atoms with Gasteiger partial charge in [-0.05, 0) is 12.1 Å². The lowest BCUT2D eigenvalue weighted by Gasteiger charge is -2.21. The molecule has 118 valence electrons. The molecule has 2 amide bonds. The molecule has 2 aliphatic rings. The molecule has 2 aliphatic heterocycles. The molecular weight excluding hydrogens is 340 g/mol. The second-order valence-electron chi connectivity index (χ2n) is 5.62. The molecule has 6 heteroatoms. The topological polar surface area (TPSA) is 40.6 Å². The summed E-state index contributed by atoms with van der Waals surface area (Å²) in [5.74, 6) is -0.239. The van der Waals surface area contributed by atoms with Gasteiger partial charge in [-0.15, -0.1) is 0 Å². The molecular formula is C18H12N2O2S2. The average Bonchev–Trinajstić information content (AvgIpc) is 3.00. The Morgan fingerprint density at radius 2 is 0.958 bits per heavy atom. The van der Waals surface area contributed by atoms with Gasteiger partial charge in [0.05, 0.1) is 11.1 Å². The number of thiocarbonyl (C=S) groups is 2. The third-order valence-electron chi connectivity index (χ3n) is 4.30. The van der Waals surface area contributed by atoms with Crippen molar-refractivity contribution in [2.24, 2.45) is 0 Å². The first-order valence-electron chi connectivity index (χ1n) is 7.50. The van der Waals surface area contributed by atoms with Gasteiger partial charge < -0.3 is 0 Å². The Morgan fingerprint density at radius 3 is 1.29 bits per heavy atom. The number of carbonyl (C=O) groups excluding carboxylic acids is 2. The standard InChI is InChI=1S/C18H12N2O2S2/c21-15-11-5-1-3-7-13(11)17(23)19(15)9-10-20-16(22)12-6-2-4-8-14(12)18(20)24/h1-8H,9-10H2. The van der Waals surface area contributed by atoms with Crippen LogP contribution in [0.1, 0.15) is 31.8 Å².